The molecule has 3 N–H and O–H groups in total. The van der Waals surface area contributed by atoms with Gasteiger partial charge in [0.25, 0.3) is 0 Å². The number of sulfonamides is 1. The summed E-state index contributed by atoms with van der Waals surface area (Å²) >= 11 is 0. The number of ether oxygens (including phenoxy) is 1. The SMILES string of the molecule is CCN(CC)c1ccc(S(N)(=O)=O)cc1NC(=O)CC1COC1. The molecule has 0 radical (unpaired) electrons. The average molecular weight is 341 g/mol. The van der Waals surface area contributed by atoms with E-state index in [9.17, 15) is 13.2 Å². The Labute approximate surface area is 136 Å². The molecule has 0 saturated carbocycles. The van der Waals surface area contributed by atoms with Crippen LogP contribution >= 0.6 is 0 Å². The van der Waals surface area contributed by atoms with E-state index in [-0.39, 0.29) is 16.7 Å². The fourth-order valence-electron chi connectivity index (χ4n) is 2.50. The number of benzene rings is 1. The summed E-state index contributed by atoms with van der Waals surface area (Å²) in [6, 6.07) is 4.55. The highest BCUT2D eigenvalue weighted by Crippen LogP contribution is 2.29. The van der Waals surface area contributed by atoms with Gasteiger partial charge in [-0.15, -0.1) is 0 Å². The van der Waals surface area contributed by atoms with Crippen molar-refractivity contribution in [1.29, 1.82) is 0 Å². The van der Waals surface area contributed by atoms with Crippen LogP contribution in [0.2, 0.25) is 0 Å². The second-order valence-electron chi connectivity index (χ2n) is 5.55. The van der Waals surface area contributed by atoms with Crippen LogP contribution in [-0.4, -0.2) is 40.6 Å². The van der Waals surface area contributed by atoms with Crippen molar-refractivity contribution in [1.82, 2.24) is 0 Å². The van der Waals surface area contributed by atoms with Crippen LogP contribution in [0.25, 0.3) is 0 Å². The van der Waals surface area contributed by atoms with E-state index in [2.05, 4.69) is 5.32 Å². The van der Waals surface area contributed by atoms with Gasteiger partial charge in [0.15, 0.2) is 0 Å². The summed E-state index contributed by atoms with van der Waals surface area (Å²) in [5.74, 6) is 0.0756. The maximum atomic E-state index is 12.2. The minimum absolute atomic E-state index is 0.0179. The molecule has 7 nitrogen and oxygen atoms in total. The van der Waals surface area contributed by atoms with Gasteiger partial charge < -0.3 is 15.0 Å². The molecule has 23 heavy (non-hydrogen) atoms. The zero-order valence-electron chi connectivity index (χ0n) is 13.4. The van der Waals surface area contributed by atoms with E-state index in [1.165, 1.54) is 12.1 Å². The molecule has 0 aromatic heterocycles. The minimum Gasteiger partial charge on any atom is -0.381 e. The first-order valence-electron chi connectivity index (χ1n) is 7.64. The lowest BCUT2D eigenvalue weighted by Gasteiger charge is -2.27. The van der Waals surface area contributed by atoms with E-state index in [1.807, 2.05) is 18.7 Å². The molecule has 0 unspecified atom stereocenters. The summed E-state index contributed by atoms with van der Waals surface area (Å²) in [6.07, 6.45) is 0.358. The Morgan fingerprint density at radius 1 is 1.35 bits per heavy atom. The molecular formula is C15H23N3O4S. The zero-order valence-corrected chi connectivity index (χ0v) is 14.2. The molecule has 1 amide bonds. The van der Waals surface area contributed by atoms with Crippen LogP contribution in [0.15, 0.2) is 23.1 Å². The molecule has 2 rings (SSSR count). The van der Waals surface area contributed by atoms with E-state index < -0.39 is 10.0 Å². The van der Waals surface area contributed by atoms with Crippen molar-refractivity contribution >= 4 is 27.3 Å². The second kappa shape index (κ2) is 7.29. The Morgan fingerprint density at radius 2 is 2.00 bits per heavy atom. The summed E-state index contributed by atoms with van der Waals surface area (Å²) in [4.78, 5) is 14.2. The Balaban J connectivity index is 2.29. The third-order valence-electron chi connectivity index (χ3n) is 3.86. The standard InChI is InChI=1S/C15H23N3O4S/c1-3-18(4-2)14-6-5-12(23(16,20)21)8-13(14)17-15(19)7-11-9-22-10-11/h5-6,8,11H,3-4,7,9-10H2,1-2H3,(H,17,19)(H2,16,20,21). The van der Waals surface area contributed by atoms with Gasteiger partial charge >= 0.3 is 0 Å². The summed E-state index contributed by atoms with van der Waals surface area (Å²) in [5.41, 5.74) is 1.24. The molecule has 128 valence electrons. The van der Waals surface area contributed by atoms with Gasteiger partial charge in [-0.2, -0.15) is 0 Å². The lowest BCUT2D eigenvalue weighted by Crippen LogP contribution is -2.32. The third-order valence-corrected chi connectivity index (χ3v) is 4.77. The molecule has 1 aliphatic heterocycles. The van der Waals surface area contributed by atoms with E-state index >= 15 is 0 Å². The van der Waals surface area contributed by atoms with E-state index in [0.717, 1.165) is 18.8 Å². The van der Waals surface area contributed by atoms with Crippen molar-refractivity contribution in [2.75, 3.05) is 36.5 Å². The summed E-state index contributed by atoms with van der Waals surface area (Å²) in [6.45, 7) is 6.65. The molecule has 0 spiro atoms. The third kappa shape index (κ3) is 4.43. The van der Waals surface area contributed by atoms with Crippen molar-refractivity contribution in [3.63, 3.8) is 0 Å². The van der Waals surface area contributed by atoms with Crippen molar-refractivity contribution < 1.29 is 17.9 Å². The fraction of sp³-hybridized carbons (Fsp3) is 0.533. The maximum Gasteiger partial charge on any atom is 0.238 e. The molecule has 0 bridgehead atoms. The Hall–Kier alpha value is -1.64. The van der Waals surface area contributed by atoms with Gasteiger partial charge in [-0.1, -0.05) is 0 Å². The number of carbonyl (C=O) groups is 1. The maximum absolute atomic E-state index is 12.2. The smallest absolute Gasteiger partial charge is 0.238 e. The van der Waals surface area contributed by atoms with E-state index in [4.69, 9.17) is 9.88 Å². The highest BCUT2D eigenvalue weighted by Gasteiger charge is 2.23. The molecule has 1 fully saturated rings. The first-order valence-corrected chi connectivity index (χ1v) is 9.19. The lowest BCUT2D eigenvalue weighted by atomic mass is 10.0. The number of primary sulfonamides is 1. The minimum atomic E-state index is -3.82. The highest BCUT2D eigenvalue weighted by molar-refractivity contribution is 7.89. The average Bonchev–Trinajstić information content (AvgIpc) is 2.44. The van der Waals surface area contributed by atoms with Gasteiger partial charge in [0.1, 0.15) is 0 Å². The Kier molecular flexibility index (Phi) is 5.61. The number of nitrogens with one attached hydrogen (secondary N) is 1. The Bertz CT molecular complexity index is 667. The first-order chi connectivity index (χ1) is 10.8. The lowest BCUT2D eigenvalue weighted by molar-refractivity contribution is -0.121. The van der Waals surface area contributed by atoms with Gasteiger partial charge in [-0.3, -0.25) is 4.79 Å². The van der Waals surface area contributed by atoms with Gasteiger partial charge in [0, 0.05) is 25.4 Å². The second-order valence-corrected chi connectivity index (χ2v) is 7.11. The van der Waals surface area contributed by atoms with Crippen LogP contribution in [0.3, 0.4) is 0 Å². The monoisotopic (exact) mass is 341 g/mol. The number of hydrogen-bond donors (Lipinski definition) is 2. The van der Waals surface area contributed by atoms with Crippen molar-refractivity contribution in [2.45, 2.75) is 25.2 Å². The van der Waals surface area contributed by atoms with Gasteiger partial charge in [-0.25, -0.2) is 13.6 Å². The summed E-state index contributed by atoms with van der Waals surface area (Å²) in [7, 11) is -3.82. The predicted molar refractivity (Wildman–Crippen MR) is 88.9 cm³/mol. The molecule has 1 aromatic rings. The summed E-state index contributed by atoms with van der Waals surface area (Å²) < 4.78 is 28.2. The number of nitrogens with two attached hydrogens (primary N) is 1. The fourth-order valence-corrected chi connectivity index (χ4v) is 3.04. The van der Waals surface area contributed by atoms with Gasteiger partial charge in [0.2, 0.25) is 15.9 Å². The first kappa shape index (κ1) is 17.7. The molecular weight excluding hydrogens is 318 g/mol. The number of rotatable bonds is 7. The molecule has 8 heteroatoms. The van der Waals surface area contributed by atoms with Crippen LogP contribution < -0.4 is 15.4 Å². The quantitative estimate of drug-likeness (QED) is 0.775. The number of hydrogen-bond acceptors (Lipinski definition) is 5. The molecule has 0 atom stereocenters. The molecule has 1 saturated heterocycles. The number of carbonyl (C=O) groups excluding carboxylic acids is 1. The molecule has 1 aliphatic rings. The van der Waals surface area contributed by atoms with Crippen LogP contribution in [-0.2, 0) is 19.6 Å². The molecule has 1 heterocycles. The molecule has 1 aromatic carbocycles. The van der Waals surface area contributed by atoms with Gasteiger partial charge in [-0.05, 0) is 32.0 Å². The van der Waals surface area contributed by atoms with Crippen LogP contribution in [0.1, 0.15) is 20.3 Å². The number of nitrogens with zero attached hydrogens (tertiary/aromatic N) is 1. The van der Waals surface area contributed by atoms with Crippen molar-refractivity contribution in [2.24, 2.45) is 11.1 Å². The van der Waals surface area contributed by atoms with Crippen molar-refractivity contribution in [3.8, 4) is 0 Å². The number of amides is 1. The molecule has 0 aliphatic carbocycles. The zero-order chi connectivity index (χ0) is 17.0. The van der Waals surface area contributed by atoms with Crippen LogP contribution in [0.5, 0.6) is 0 Å². The van der Waals surface area contributed by atoms with Crippen LogP contribution in [0, 0.1) is 5.92 Å². The van der Waals surface area contributed by atoms with Crippen molar-refractivity contribution in [3.05, 3.63) is 18.2 Å². The Morgan fingerprint density at radius 3 is 2.48 bits per heavy atom. The van der Waals surface area contributed by atoms with Crippen LogP contribution in [0.4, 0.5) is 11.4 Å². The van der Waals surface area contributed by atoms with E-state index in [0.29, 0.717) is 25.3 Å². The highest BCUT2D eigenvalue weighted by atomic mass is 32.2. The predicted octanol–water partition coefficient (Wildman–Crippen LogP) is 1.16. The normalized spacial score (nSPS) is 15.1. The van der Waals surface area contributed by atoms with Gasteiger partial charge in [0.05, 0.1) is 29.5 Å². The number of anilines is 2. The summed E-state index contributed by atoms with van der Waals surface area (Å²) in [5, 5.41) is 8.00. The largest absolute Gasteiger partial charge is 0.381 e. The van der Waals surface area contributed by atoms with E-state index in [1.54, 1.807) is 6.07 Å². The topological polar surface area (TPSA) is 102 Å².